The molecule has 0 radical (unpaired) electrons. The maximum absolute atomic E-state index is 12.3. The van der Waals surface area contributed by atoms with Crippen molar-refractivity contribution in [3.05, 3.63) is 53.1 Å². The minimum Gasteiger partial charge on any atom is -0.493 e. The van der Waals surface area contributed by atoms with Crippen molar-refractivity contribution >= 4 is 29.2 Å². The number of para-hydroxylation sites is 1. The van der Waals surface area contributed by atoms with Gasteiger partial charge in [0.1, 0.15) is 5.56 Å². The van der Waals surface area contributed by atoms with E-state index in [-0.39, 0.29) is 11.3 Å². The maximum atomic E-state index is 12.3. The normalized spacial score (nSPS) is 11.4. The molecule has 2 aromatic rings. The number of anilines is 1. The van der Waals surface area contributed by atoms with Crippen molar-refractivity contribution in [2.75, 3.05) is 19.5 Å². The molecule has 2 aromatic carbocycles. The number of nitrogens with one attached hydrogen (secondary N) is 1. The molecule has 0 fully saturated rings. The second-order valence-corrected chi connectivity index (χ2v) is 5.52. The summed E-state index contributed by atoms with van der Waals surface area (Å²) in [6.45, 7) is 1.48. The van der Waals surface area contributed by atoms with Gasteiger partial charge in [0.15, 0.2) is 17.6 Å². The summed E-state index contributed by atoms with van der Waals surface area (Å²) >= 11 is 5.80. The van der Waals surface area contributed by atoms with Crippen molar-refractivity contribution < 1.29 is 23.8 Å². The fourth-order valence-corrected chi connectivity index (χ4v) is 2.23. The zero-order valence-electron chi connectivity index (χ0n) is 14.0. The van der Waals surface area contributed by atoms with Gasteiger partial charge in [-0.05, 0) is 43.3 Å². The molecule has 0 aromatic heterocycles. The smallest absolute Gasteiger partial charge is 0.342 e. The fourth-order valence-electron chi connectivity index (χ4n) is 2.10. The highest BCUT2D eigenvalue weighted by atomic mass is 35.5. The largest absolute Gasteiger partial charge is 0.493 e. The van der Waals surface area contributed by atoms with Gasteiger partial charge in [-0.15, -0.1) is 0 Å². The average Bonchev–Trinajstić information content (AvgIpc) is 2.62. The molecule has 25 heavy (non-hydrogen) atoms. The van der Waals surface area contributed by atoms with Crippen molar-refractivity contribution in [3.8, 4) is 11.5 Å². The monoisotopic (exact) mass is 363 g/mol. The van der Waals surface area contributed by atoms with Gasteiger partial charge in [-0.25, -0.2) is 4.79 Å². The number of methoxy groups -OCH3 is 2. The molecule has 0 aliphatic heterocycles. The Labute approximate surface area is 150 Å². The third kappa shape index (κ3) is 4.64. The number of hydrogen-bond donors (Lipinski definition) is 1. The van der Waals surface area contributed by atoms with Gasteiger partial charge in [0.05, 0.1) is 14.2 Å². The summed E-state index contributed by atoms with van der Waals surface area (Å²) in [5.41, 5.74) is 0.726. The van der Waals surface area contributed by atoms with Gasteiger partial charge in [-0.1, -0.05) is 17.7 Å². The zero-order valence-corrected chi connectivity index (χ0v) is 14.8. The fraction of sp³-hybridized carbons (Fsp3) is 0.222. The summed E-state index contributed by atoms with van der Waals surface area (Å²) in [5.74, 6) is -0.498. The Morgan fingerprint density at radius 3 is 2.32 bits per heavy atom. The van der Waals surface area contributed by atoms with Crippen LogP contribution in [0.5, 0.6) is 11.5 Å². The number of amides is 1. The van der Waals surface area contributed by atoms with E-state index in [1.807, 2.05) is 0 Å². The summed E-state index contributed by atoms with van der Waals surface area (Å²) in [5, 5.41) is 3.20. The van der Waals surface area contributed by atoms with Gasteiger partial charge >= 0.3 is 5.97 Å². The van der Waals surface area contributed by atoms with Crippen LogP contribution in [0.3, 0.4) is 0 Å². The van der Waals surface area contributed by atoms with Crippen LogP contribution >= 0.6 is 11.6 Å². The van der Waals surface area contributed by atoms with Crippen molar-refractivity contribution in [3.63, 3.8) is 0 Å². The highest BCUT2D eigenvalue weighted by Crippen LogP contribution is 2.31. The summed E-state index contributed by atoms with van der Waals surface area (Å²) in [7, 11) is 2.89. The molecule has 1 N–H and O–H groups in total. The number of rotatable bonds is 6. The minimum absolute atomic E-state index is 0.174. The Morgan fingerprint density at radius 1 is 1.04 bits per heavy atom. The molecule has 1 atom stereocenters. The van der Waals surface area contributed by atoms with E-state index in [2.05, 4.69) is 5.32 Å². The topological polar surface area (TPSA) is 73.9 Å². The van der Waals surface area contributed by atoms with Crippen molar-refractivity contribution in [1.29, 1.82) is 0 Å². The third-order valence-electron chi connectivity index (χ3n) is 3.39. The predicted octanol–water partition coefficient (Wildman–Crippen LogP) is 3.54. The standard InChI is InChI=1S/C18H18ClNO5/c1-11(17(21)20-13-9-7-12(19)8-10-13)25-18(22)14-5-4-6-15(23-2)16(14)24-3/h4-11H,1-3H3,(H,20,21)/t11-/m0/s1. The SMILES string of the molecule is COc1cccc(C(=O)O[C@@H](C)C(=O)Nc2ccc(Cl)cc2)c1OC. The van der Waals surface area contributed by atoms with Crippen molar-refractivity contribution in [1.82, 2.24) is 0 Å². The number of hydrogen-bond acceptors (Lipinski definition) is 5. The van der Waals surface area contributed by atoms with Crippen LogP contribution in [-0.2, 0) is 9.53 Å². The number of halogens is 1. The quantitative estimate of drug-likeness (QED) is 0.794. The number of ether oxygens (including phenoxy) is 3. The molecular formula is C18H18ClNO5. The molecule has 0 bridgehead atoms. The molecule has 0 aliphatic carbocycles. The lowest BCUT2D eigenvalue weighted by Gasteiger charge is -2.16. The predicted molar refractivity (Wildman–Crippen MR) is 94.5 cm³/mol. The lowest BCUT2D eigenvalue weighted by molar-refractivity contribution is -0.123. The minimum atomic E-state index is -1.00. The van der Waals surface area contributed by atoms with Crippen LogP contribution in [0.4, 0.5) is 5.69 Å². The van der Waals surface area contributed by atoms with Gasteiger partial charge in [-0.2, -0.15) is 0 Å². The number of carbonyl (C=O) groups is 2. The molecule has 0 aliphatic rings. The summed E-state index contributed by atoms with van der Waals surface area (Å²) < 4.78 is 15.6. The maximum Gasteiger partial charge on any atom is 0.342 e. The Morgan fingerprint density at radius 2 is 1.72 bits per heavy atom. The van der Waals surface area contributed by atoms with Crippen molar-refractivity contribution in [2.45, 2.75) is 13.0 Å². The number of esters is 1. The molecule has 0 unspecified atom stereocenters. The highest BCUT2D eigenvalue weighted by molar-refractivity contribution is 6.30. The Kier molecular flexibility index (Phi) is 6.25. The van der Waals surface area contributed by atoms with Crippen LogP contribution in [0, 0.1) is 0 Å². The van der Waals surface area contributed by atoms with E-state index in [1.165, 1.54) is 27.2 Å². The van der Waals surface area contributed by atoms with Crippen LogP contribution in [-0.4, -0.2) is 32.2 Å². The first-order valence-corrected chi connectivity index (χ1v) is 7.82. The summed E-state index contributed by atoms with van der Waals surface area (Å²) in [4.78, 5) is 24.5. The van der Waals surface area contributed by atoms with E-state index < -0.39 is 18.0 Å². The lowest BCUT2D eigenvalue weighted by Crippen LogP contribution is -2.30. The van der Waals surface area contributed by atoms with Crippen LogP contribution in [0.15, 0.2) is 42.5 Å². The highest BCUT2D eigenvalue weighted by Gasteiger charge is 2.23. The van der Waals surface area contributed by atoms with Gasteiger partial charge in [0, 0.05) is 10.7 Å². The van der Waals surface area contributed by atoms with Crippen LogP contribution < -0.4 is 14.8 Å². The molecular weight excluding hydrogens is 346 g/mol. The molecule has 1 amide bonds. The van der Waals surface area contributed by atoms with E-state index >= 15 is 0 Å². The molecule has 0 heterocycles. The Balaban J connectivity index is 2.07. The van der Waals surface area contributed by atoms with Gasteiger partial charge in [-0.3, -0.25) is 4.79 Å². The third-order valence-corrected chi connectivity index (χ3v) is 3.64. The van der Waals surface area contributed by atoms with Crippen LogP contribution in [0.2, 0.25) is 5.02 Å². The molecule has 6 nitrogen and oxygen atoms in total. The second-order valence-electron chi connectivity index (χ2n) is 5.08. The molecule has 2 rings (SSSR count). The van der Waals surface area contributed by atoms with E-state index in [0.29, 0.717) is 16.5 Å². The van der Waals surface area contributed by atoms with E-state index in [1.54, 1.807) is 36.4 Å². The van der Waals surface area contributed by atoms with Crippen molar-refractivity contribution in [2.24, 2.45) is 0 Å². The molecule has 0 saturated heterocycles. The van der Waals surface area contributed by atoms with Gasteiger partial charge in [0.25, 0.3) is 5.91 Å². The first kappa shape index (κ1) is 18.6. The Bertz CT molecular complexity index is 761. The average molecular weight is 364 g/mol. The number of benzene rings is 2. The summed E-state index contributed by atoms with van der Waals surface area (Å²) in [6, 6.07) is 11.4. The van der Waals surface area contributed by atoms with Gasteiger partial charge < -0.3 is 19.5 Å². The van der Waals surface area contributed by atoms with Gasteiger partial charge in [0.2, 0.25) is 0 Å². The lowest BCUT2D eigenvalue weighted by atomic mass is 10.2. The Hall–Kier alpha value is -2.73. The molecule has 132 valence electrons. The molecule has 0 saturated carbocycles. The van der Waals surface area contributed by atoms with Crippen LogP contribution in [0.1, 0.15) is 17.3 Å². The van der Waals surface area contributed by atoms with Crippen LogP contribution in [0.25, 0.3) is 0 Å². The van der Waals surface area contributed by atoms with E-state index in [9.17, 15) is 9.59 Å². The first-order valence-electron chi connectivity index (χ1n) is 7.44. The second kappa shape index (κ2) is 8.39. The summed E-state index contributed by atoms with van der Waals surface area (Å²) in [6.07, 6.45) is -1.00. The first-order chi connectivity index (χ1) is 12.0. The molecule has 0 spiro atoms. The molecule has 7 heteroatoms. The zero-order chi connectivity index (χ0) is 18.4. The van der Waals surface area contributed by atoms with E-state index in [0.717, 1.165) is 0 Å². The van der Waals surface area contributed by atoms with E-state index in [4.69, 9.17) is 25.8 Å². The number of carbonyl (C=O) groups excluding carboxylic acids is 2.